The molecule has 3 rings (SSSR count). The van der Waals surface area contributed by atoms with Crippen LogP contribution in [0.3, 0.4) is 0 Å². The van der Waals surface area contributed by atoms with Gasteiger partial charge in [-0.15, -0.1) is 0 Å². The Labute approximate surface area is 117 Å². The van der Waals surface area contributed by atoms with Crippen LogP contribution in [0.4, 0.5) is 0 Å². The molecule has 2 N–H and O–H groups in total. The third-order valence-electron chi connectivity index (χ3n) is 3.62. The fraction of sp³-hybridized carbons (Fsp3) is 0.176. The minimum absolute atomic E-state index is 0.205. The maximum atomic E-state index is 10.0. The number of hydrogen-bond acceptors (Lipinski definition) is 3. The summed E-state index contributed by atoms with van der Waals surface area (Å²) in [6.45, 7) is 3.73. The van der Waals surface area contributed by atoms with Gasteiger partial charge in [0.2, 0.25) is 0 Å². The van der Waals surface area contributed by atoms with Crippen LogP contribution >= 0.6 is 0 Å². The zero-order valence-electron chi connectivity index (χ0n) is 11.4. The van der Waals surface area contributed by atoms with E-state index < -0.39 is 0 Å². The van der Waals surface area contributed by atoms with Gasteiger partial charge in [0.05, 0.1) is 0 Å². The molecule has 0 saturated heterocycles. The first kappa shape index (κ1) is 12.6. The minimum atomic E-state index is -0.205. The van der Waals surface area contributed by atoms with Gasteiger partial charge in [-0.3, -0.25) is 0 Å². The van der Waals surface area contributed by atoms with E-state index in [-0.39, 0.29) is 17.6 Å². The molecule has 1 aliphatic heterocycles. The first-order valence-electron chi connectivity index (χ1n) is 6.53. The second kappa shape index (κ2) is 4.60. The molecule has 102 valence electrons. The van der Waals surface area contributed by atoms with Gasteiger partial charge in [-0.05, 0) is 49.2 Å². The first-order valence-corrected chi connectivity index (χ1v) is 6.53. The molecule has 20 heavy (non-hydrogen) atoms. The predicted molar refractivity (Wildman–Crippen MR) is 78.1 cm³/mol. The fourth-order valence-corrected chi connectivity index (χ4v) is 2.47. The van der Waals surface area contributed by atoms with Gasteiger partial charge in [-0.1, -0.05) is 18.2 Å². The van der Waals surface area contributed by atoms with Crippen molar-refractivity contribution in [1.29, 1.82) is 0 Å². The van der Waals surface area contributed by atoms with Crippen LogP contribution in [-0.4, -0.2) is 10.2 Å². The molecule has 0 aromatic heterocycles. The normalized spacial score (nSPS) is 16.6. The summed E-state index contributed by atoms with van der Waals surface area (Å²) in [6, 6.07) is 8.86. The standard InChI is InChI=1S/C17H16O3/c1-10-9-13-5-8-15(12-3-6-14(18)7-4-12)20-17(13)11(2)16(10)19/h3-9,15,18-19H,1-2H3/t15-/m0/s1. The predicted octanol–water partition coefficient (Wildman–Crippen LogP) is 3.86. The molecule has 0 spiro atoms. The van der Waals surface area contributed by atoms with Crippen LogP contribution in [0.15, 0.2) is 36.4 Å². The molecule has 2 aromatic carbocycles. The Morgan fingerprint density at radius 2 is 1.75 bits per heavy atom. The highest BCUT2D eigenvalue weighted by Crippen LogP contribution is 2.40. The minimum Gasteiger partial charge on any atom is -0.508 e. The van der Waals surface area contributed by atoms with Crippen LogP contribution in [0, 0.1) is 13.8 Å². The van der Waals surface area contributed by atoms with Crippen LogP contribution in [0.25, 0.3) is 6.08 Å². The van der Waals surface area contributed by atoms with E-state index in [2.05, 4.69) is 0 Å². The summed E-state index contributed by atoms with van der Waals surface area (Å²) in [5.41, 5.74) is 3.54. The highest BCUT2D eigenvalue weighted by molar-refractivity contribution is 5.67. The van der Waals surface area contributed by atoms with E-state index in [0.717, 1.165) is 22.3 Å². The smallest absolute Gasteiger partial charge is 0.142 e. The number of rotatable bonds is 1. The number of hydrogen-bond donors (Lipinski definition) is 2. The van der Waals surface area contributed by atoms with Crippen LogP contribution in [0.5, 0.6) is 17.2 Å². The largest absolute Gasteiger partial charge is 0.508 e. The molecular formula is C17H16O3. The lowest BCUT2D eigenvalue weighted by Gasteiger charge is -2.24. The van der Waals surface area contributed by atoms with Gasteiger partial charge in [-0.25, -0.2) is 0 Å². The van der Waals surface area contributed by atoms with Gasteiger partial charge in [0.25, 0.3) is 0 Å². The quantitative estimate of drug-likeness (QED) is 0.825. The summed E-state index contributed by atoms with van der Waals surface area (Å²) in [5, 5.41) is 19.4. The van der Waals surface area contributed by atoms with Crippen molar-refractivity contribution < 1.29 is 14.9 Å². The Hall–Kier alpha value is -2.42. The molecule has 0 saturated carbocycles. The zero-order valence-corrected chi connectivity index (χ0v) is 11.4. The van der Waals surface area contributed by atoms with Gasteiger partial charge in [0, 0.05) is 11.1 Å². The number of aromatic hydroxyl groups is 2. The Bertz CT molecular complexity index is 684. The number of benzene rings is 2. The summed E-state index contributed by atoms with van der Waals surface area (Å²) < 4.78 is 6.00. The molecule has 1 aliphatic rings. The summed E-state index contributed by atoms with van der Waals surface area (Å²) >= 11 is 0. The lowest BCUT2D eigenvalue weighted by atomic mass is 9.99. The van der Waals surface area contributed by atoms with Crippen molar-refractivity contribution in [1.82, 2.24) is 0 Å². The first-order chi connectivity index (χ1) is 9.56. The SMILES string of the molecule is Cc1cc2c(c(C)c1O)O[C@H](c1ccc(O)cc1)C=C2. The van der Waals surface area contributed by atoms with Gasteiger partial charge in [-0.2, -0.15) is 0 Å². The highest BCUT2D eigenvalue weighted by Gasteiger charge is 2.20. The third-order valence-corrected chi connectivity index (χ3v) is 3.62. The summed E-state index contributed by atoms with van der Waals surface area (Å²) in [5.74, 6) is 1.23. The molecule has 0 aliphatic carbocycles. The van der Waals surface area contributed by atoms with Crippen LogP contribution in [0.1, 0.15) is 28.4 Å². The van der Waals surface area contributed by atoms with E-state index in [0.29, 0.717) is 5.75 Å². The zero-order chi connectivity index (χ0) is 14.3. The molecule has 0 amide bonds. The lowest BCUT2D eigenvalue weighted by Crippen LogP contribution is -2.10. The van der Waals surface area contributed by atoms with Gasteiger partial charge >= 0.3 is 0 Å². The van der Waals surface area contributed by atoms with Gasteiger partial charge in [0.15, 0.2) is 0 Å². The number of aryl methyl sites for hydroxylation is 1. The van der Waals surface area contributed by atoms with E-state index in [1.165, 1.54) is 0 Å². The van der Waals surface area contributed by atoms with Crippen molar-refractivity contribution in [2.45, 2.75) is 20.0 Å². The van der Waals surface area contributed by atoms with E-state index in [9.17, 15) is 10.2 Å². The highest BCUT2D eigenvalue weighted by atomic mass is 16.5. The average molecular weight is 268 g/mol. The Balaban J connectivity index is 2.00. The van der Waals surface area contributed by atoms with E-state index in [1.54, 1.807) is 12.1 Å². The Morgan fingerprint density at radius 3 is 2.45 bits per heavy atom. The molecule has 2 aromatic rings. The molecule has 1 heterocycles. The average Bonchev–Trinajstić information content (AvgIpc) is 2.46. The van der Waals surface area contributed by atoms with Gasteiger partial charge in [0.1, 0.15) is 23.4 Å². The molecule has 0 unspecified atom stereocenters. The molecular weight excluding hydrogens is 252 g/mol. The molecule has 0 radical (unpaired) electrons. The molecule has 3 nitrogen and oxygen atoms in total. The van der Waals surface area contributed by atoms with Crippen LogP contribution in [0.2, 0.25) is 0 Å². The second-order valence-corrected chi connectivity index (χ2v) is 5.07. The Morgan fingerprint density at radius 1 is 1.05 bits per heavy atom. The number of phenolic OH excluding ortho intramolecular Hbond substituents is 2. The third kappa shape index (κ3) is 2.01. The Kier molecular flexibility index (Phi) is 2.90. The monoisotopic (exact) mass is 268 g/mol. The maximum absolute atomic E-state index is 10.0. The van der Waals surface area contributed by atoms with Gasteiger partial charge < -0.3 is 14.9 Å². The van der Waals surface area contributed by atoms with Crippen molar-refractivity contribution in [3.05, 3.63) is 58.7 Å². The van der Waals surface area contributed by atoms with Crippen LogP contribution in [-0.2, 0) is 0 Å². The van der Waals surface area contributed by atoms with E-state index in [1.807, 2.05) is 44.2 Å². The van der Waals surface area contributed by atoms with E-state index >= 15 is 0 Å². The van der Waals surface area contributed by atoms with Crippen LogP contribution < -0.4 is 4.74 Å². The summed E-state index contributed by atoms with van der Waals surface area (Å²) in [4.78, 5) is 0. The summed E-state index contributed by atoms with van der Waals surface area (Å²) in [7, 11) is 0. The molecule has 3 heteroatoms. The topological polar surface area (TPSA) is 49.7 Å². The van der Waals surface area contributed by atoms with Crippen molar-refractivity contribution in [3.8, 4) is 17.2 Å². The summed E-state index contributed by atoms with van der Waals surface area (Å²) in [6.07, 6.45) is 3.78. The van der Waals surface area contributed by atoms with Crippen molar-refractivity contribution >= 4 is 6.08 Å². The number of ether oxygens (including phenoxy) is 1. The molecule has 1 atom stereocenters. The van der Waals surface area contributed by atoms with E-state index in [4.69, 9.17) is 4.74 Å². The lowest BCUT2D eigenvalue weighted by molar-refractivity contribution is 0.248. The second-order valence-electron chi connectivity index (χ2n) is 5.07. The van der Waals surface area contributed by atoms with Crippen molar-refractivity contribution in [2.24, 2.45) is 0 Å². The number of fused-ring (bicyclic) bond motifs is 1. The van der Waals surface area contributed by atoms with Crippen molar-refractivity contribution in [2.75, 3.05) is 0 Å². The molecule has 0 bridgehead atoms. The maximum Gasteiger partial charge on any atom is 0.142 e. The molecule has 0 fully saturated rings. The van der Waals surface area contributed by atoms with Crippen molar-refractivity contribution in [3.63, 3.8) is 0 Å². The number of phenols is 2. The fourth-order valence-electron chi connectivity index (χ4n) is 2.47.